The Morgan fingerprint density at radius 2 is 1.78 bits per heavy atom. The first-order chi connectivity index (χ1) is 13.1. The van der Waals surface area contributed by atoms with Crippen molar-refractivity contribution in [2.45, 2.75) is 6.92 Å². The number of halogens is 1. The van der Waals surface area contributed by atoms with E-state index < -0.39 is 0 Å². The van der Waals surface area contributed by atoms with E-state index in [1.54, 1.807) is 12.3 Å². The summed E-state index contributed by atoms with van der Waals surface area (Å²) >= 11 is 2.15. The van der Waals surface area contributed by atoms with Gasteiger partial charge in [0.1, 0.15) is 23.8 Å². The van der Waals surface area contributed by atoms with Crippen molar-refractivity contribution in [1.29, 1.82) is 0 Å². The van der Waals surface area contributed by atoms with Crippen molar-refractivity contribution in [3.8, 4) is 0 Å². The number of nitrogens with one attached hydrogen (secondary N) is 3. The van der Waals surface area contributed by atoms with Crippen LogP contribution in [0.2, 0.25) is 0 Å². The molecular formula is C19H19IN6O. The van der Waals surface area contributed by atoms with Gasteiger partial charge in [-0.25, -0.2) is 15.0 Å². The number of aryl methyl sites for hydroxylation is 1. The summed E-state index contributed by atoms with van der Waals surface area (Å²) in [6, 6.07) is 13.2. The molecule has 0 fully saturated rings. The van der Waals surface area contributed by atoms with Gasteiger partial charge >= 0.3 is 0 Å². The largest absolute Gasteiger partial charge is 0.368 e. The van der Waals surface area contributed by atoms with Gasteiger partial charge < -0.3 is 16.0 Å². The fourth-order valence-electron chi connectivity index (χ4n) is 2.37. The van der Waals surface area contributed by atoms with Gasteiger partial charge in [-0.2, -0.15) is 0 Å². The van der Waals surface area contributed by atoms with E-state index in [-0.39, 0.29) is 5.91 Å². The molecule has 0 spiro atoms. The molecule has 0 bridgehead atoms. The van der Waals surface area contributed by atoms with Gasteiger partial charge in [0.15, 0.2) is 0 Å². The van der Waals surface area contributed by atoms with Crippen molar-refractivity contribution in [1.82, 2.24) is 20.3 Å². The van der Waals surface area contributed by atoms with Crippen molar-refractivity contribution in [2.75, 3.05) is 23.7 Å². The molecule has 3 aromatic rings. The Balaban J connectivity index is 1.50. The van der Waals surface area contributed by atoms with E-state index in [1.165, 1.54) is 6.33 Å². The van der Waals surface area contributed by atoms with Crippen LogP contribution in [0.4, 0.5) is 17.5 Å². The molecule has 0 atom stereocenters. The Bertz CT molecular complexity index is 933. The van der Waals surface area contributed by atoms with E-state index in [9.17, 15) is 4.79 Å². The van der Waals surface area contributed by atoms with Crippen LogP contribution in [0.3, 0.4) is 0 Å². The summed E-state index contributed by atoms with van der Waals surface area (Å²) < 4.78 is 0.928. The van der Waals surface area contributed by atoms with Crippen LogP contribution < -0.4 is 16.0 Å². The lowest BCUT2D eigenvalue weighted by molar-refractivity contribution is 0.0954. The molecule has 0 radical (unpaired) electrons. The number of hydrogen-bond acceptors (Lipinski definition) is 6. The Kier molecular flexibility index (Phi) is 6.53. The summed E-state index contributed by atoms with van der Waals surface area (Å²) in [6.07, 6.45) is 3.22. The lowest BCUT2D eigenvalue weighted by atomic mass is 10.2. The molecule has 0 saturated heterocycles. The van der Waals surface area contributed by atoms with Gasteiger partial charge in [0.25, 0.3) is 5.91 Å². The highest BCUT2D eigenvalue weighted by atomic mass is 127. The van der Waals surface area contributed by atoms with Crippen LogP contribution in [-0.4, -0.2) is 33.9 Å². The zero-order valence-electron chi connectivity index (χ0n) is 14.7. The van der Waals surface area contributed by atoms with Crippen LogP contribution in [0.1, 0.15) is 15.9 Å². The van der Waals surface area contributed by atoms with Gasteiger partial charge in [0, 0.05) is 28.9 Å². The van der Waals surface area contributed by atoms with E-state index in [2.05, 4.69) is 53.5 Å². The van der Waals surface area contributed by atoms with Gasteiger partial charge in [0.05, 0.1) is 5.56 Å². The summed E-state index contributed by atoms with van der Waals surface area (Å²) in [5, 5.41) is 9.22. The predicted molar refractivity (Wildman–Crippen MR) is 114 cm³/mol. The molecule has 0 aliphatic carbocycles. The van der Waals surface area contributed by atoms with E-state index in [0.29, 0.717) is 30.3 Å². The lowest BCUT2D eigenvalue weighted by Gasteiger charge is -2.10. The van der Waals surface area contributed by atoms with Gasteiger partial charge in [-0.15, -0.1) is 0 Å². The van der Waals surface area contributed by atoms with E-state index in [4.69, 9.17) is 0 Å². The molecule has 1 aromatic carbocycles. The fraction of sp³-hybridized carbons (Fsp3) is 0.158. The number of nitrogens with zero attached hydrogens (tertiary/aromatic N) is 3. The topological polar surface area (TPSA) is 91.8 Å². The summed E-state index contributed by atoms with van der Waals surface area (Å²) in [5.41, 5.74) is 1.79. The first-order valence-corrected chi connectivity index (χ1v) is 9.48. The molecule has 2 heterocycles. The van der Waals surface area contributed by atoms with Crippen LogP contribution in [0, 0.1) is 10.5 Å². The van der Waals surface area contributed by atoms with Gasteiger partial charge in [-0.05, 0) is 59.3 Å². The Morgan fingerprint density at radius 1 is 1.00 bits per heavy atom. The second-order valence-electron chi connectivity index (χ2n) is 5.79. The molecule has 0 aliphatic rings. The molecule has 0 saturated carbocycles. The van der Waals surface area contributed by atoms with Crippen LogP contribution in [0.25, 0.3) is 0 Å². The minimum Gasteiger partial charge on any atom is -0.368 e. The normalized spacial score (nSPS) is 10.3. The number of carbonyl (C=O) groups is 1. The number of anilines is 3. The maximum atomic E-state index is 12.2. The van der Waals surface area contributed by atoms with Crippen LogP contribution in [0.5, 0.6) is 0 Å². The number of hydrogen-bond donors (Lipinski definition) is 3. The molecule has 1 amide bonds. The Hall–Kier alpha value is -2.75. The van der Waals surface area contributed by atoms with E-state index in [1.807, 2.05) is 43.3 Å². The number of benzene rings is 1. The standard InChI is InChI=1S/C19H19IN6O/c1-13-6-7-21-17(10-13)26-18-11-16(24-12-25-18)22-8-9-23-19(27)14-4-2-3-5-15(14)20/h2-7,10-12H,8-9H2,1H3,(H,23,27)(H2,21,22,24,25,26). The average molecular weight is 474 g/mol. The molecule has 2 aromatic heterocycles. The third kappa shape index (κ3) is 5.61. The van der Waals surface area contributed by atoms with Crippen molar-refractivity contribution in [3.63, 3.8) is 0 Å². The highest BCUT2D eigenvalue weighted by Gasteiger charge is 2.08. The molecule has 0 unspecified atom stereocenters. The van der Waals surface area contributed by atoms with Crippen molar-refractivity contribution < 1.29 is 4.79 Å². The number of pyridine rings is 1. The zero-order valence-corrected chi connectivity index (χ0v) is 16.9. The van der Waals surface area contributed by atoms with Crippen LogP contribution in [-0.2, 0) is 0 Å². The fourth-order valence-corrected chi connectivity index (χ4v) is 3.00. The highest BCUT2D eigenvalue weighted by molar-refractivity contribution is 14.1. The Labute approximate surface area is 171 Å². The Morgan fingerprint density at radius 3 is 2.59 bits per heavy atom. The van der Waals surface area contributed by atoms with Crippen LogP contribution in [0.15, 0.2) is 55.0 Å². The summed E-state index contributed by atoms with van der Waals surface area (Å²) in [6.45, 7) is 3.04. The van der Waals surface area contributed by atoms with Gasteiger partial charge in [-0.1, -0.05) is 12.1 Å². The average Bonchev–Trinajstić information content (AvgIpc) is 2.66. The quantitative estimate of drug-likeness (QED) is 0.360. The molecule has 27 heavy (non-hydrogen) atoms. The lowest BCUT2D eigenvalue weighted by Crippen LogP contribution is -2.29. The highest BCUT2D eigenvalue weighted by Crippen LogP contribution is 2.15. The van der Waals surface area contributed by atoms with Crippen molar-refractivity contribution in [3.05, 3.63) is 69.7 Å². The second kappa shape index (κ2) is 9.26. The maximum Gasteiger partial charge on any atom is 0.252 e. The van der Waals surface area contributed by atoms with E-state index >= 15 is 0 Å². The minimum atomic E-state index is -0.0858. The molecule has 3 rings (SSSR count). The summed E-state index contributed by atoms with van der Waals surface area (Å²) in [5.74, 6) is 1.96. The molecule has 8 heteroatoms. The third-order valence-corrected chi connectivity index (χ3v) is 4.61. The molecule has 0 aliphatic heterocycles. The summed E-state index contributed by atoms with van der Waals surface area (Å²) in [4.78, 5) is 24.8. The minimum absolute atomic E-state index is 0.0858. The molecular weight excluding hydrogens is 455 g/mol. The third-order valence-electron chi connectivity index (χ3n) is 3.67. The number of rotatable bonds is 7. The predicted octanol–water partition coefficient (Wildman–Crippen LogP) is 3.37. The zero-order chi connectivity index (χ0) is 19.1. The first-order valence-electron chi connectivity index (χ1n) is 8.40. The molecule has 138 valence electrons. The number of carbonyl (C=O) groups excluding carboxylic acids is 1. The smallest absolute Gasteiger partial charge is 0.252 e. The van der Waals surface area contributed by atoms with Crippen molar-refractivity contribution >= 4 is 46.0 Å². The first kappa shape index (κ1) is 19.0. The summed E-state index contributed by atoms with van der Waals surface area (Å²) in [7, 11) is 0. The SMILES string of the molecule is Cc1ccnc(Nc2cc(NCCNC(=O)c3ccccc3I)ncn2)c1. The monoisotopic (exact) mass is 474 g/mol. The number of amides is 1. The number of aromatic nitrogens is 3. The maximum absolute atomic E-state index is 12.2. The molecule has 7 nitrogen and oxygen atoms in total. The second-order valence-corrected chi connectivity index (χ2v) is 6.96. The van der Waals surface area contributed by atoms with E-state index in [0.717, 1.165) is 15.0 Å². The van der Waals surface area contributed by atoms with Crippen LogP contribution >= 0.6 is 22.6 Å². The van der Waals surface area contributed by atoms with Gasteiger partial charge in [0.2, 0.25) is 0 Å². The van der Waals surface area contributed by atoms with Gasteiger partial charge in [-0.3, -0.25) is 4.79 Å². The molecule has 3 N–H and O–H groups in total. The van der Waals surface area contributed by atoms with Crippen molar-refractivity contribution in [2.24, 2.45) is 0 Å².